The van der Waals surface area contributed by atoms with Crippen LogP contribution in [0.4, 0.5) is 30.2 Å². The Bertz CT molecular complexity index is 2870. The summed E-state index contributed by atoms with van der Waals surface area (Å²) in [4.78, 5) is 50.6. The minimum atomic E-state index is -4.84. The Morgan fingerprint density at radius 2 is 1.04 bits per heavy atom. The largest absolute Gasteiger partial charge is 2.00 e. The third-order valence-corrected chi connectivity index (χ3v) is 10.7. The third kappa shape index (κ3) is 23.3. The van der Waals surface area contributed by atoms with Crippen LogP contribution in [0.15, 0.2) is 141 Å². The van der Waals surface area contributed by atoms with Crippen molar-refractivity contribution in [3.05, 3.63) is 174 Å². The van der Waals surface area contributed by atoms with E-state index < -0.39 is 17.6 Å². The molecule has 0 aliphatic rings. The second-order valence-electron chi connectivity index (χ2n) is 16.3. The predicted molar refractivity (Wildman–Crippen MR) is 299 cm³/mol. The summed E-state index contributed by atoms with van der Waals surface area (Å²) in [5.41, 5.74) is 12.6. The summed E-state index contributed by atoms with van der Waals surface area (Å²) in [6.07, 6.45) is 17.8. The quantitative estimate of drug-likeness (QED) is 0.00918. The second-order valence-corrected chi connectivity index (χ2v) is 16.5. The van der Waals surface area contributed by atoms with Crippen molar-refractivity contribution in [2.45, 2.75) is 71.4 Å². The second kappa shape index (κ2) is 36.5. The topological polar surface area (TPSA) is 222 Å². The van der Waals surface area contributed by atoms with Gasteiger partial charge < -0.3 is 39.7 Å². The molecule has 0 unspecified atom stereocenters. The number of hydrogen-bond acceptors (Lipinski definition) is 15. The standard InChI is InChI=1S/C33H40F3N4O2.C24H17N3O6.CNS.Ru/c1-3-5-7-9-21-41-28-15-11-25(12-16-28)40(26-13-17-29(18-14-26)42-22-10-8-6-4-2)27-19-20-39-31(23-27)30(37)24-32(38)33(34,35)36;28-15-31-8-3-18-1-6-25-21(11-18)23-13-20(5-10-33-17-30)14-24(27-23)22-12-19(2-7-26-22)4-9-32-16-29;2-1-3;/h11-20,23-24,37-38H,3-10,21-22H2,1-2H3;1-17H;;/q-1;;-1;+2/b30-24-,38-32?;8-3+,9-4+,10-5+;;. The number of halogens is 3. The van der Waals surface area contributed by atoms with Crippen LogP contribution in [0.1, 0.15) is 87.6 Å². The van der Waals surface area contributed by atoms with Gasteiger partial charge in [0.2, 0.25) is 0 Å². The fourth-order valence-electron chi connectivity index (χ4n) is 7.02. The van der Waals surface area contributed by atoms with Crippen molar-refractivity contribution in [3.63, 3.8) is 0 Å². The molecule has 6 aromatic rings. The molecule has 412 valence electrons. The fourth-order valence-corrected chi connectivity index (χ4v) is 7.02. The Labute approximate surface area is 475 Å². The van der Waals surface area contributed by atoms with Crippen molar-refractivity contribution in [3.8, 4) is 34.3 Å². The van der Waals surface area contributed by atoms with E-state index in [0.29, 0.717) is 72.7 Å². The van der Waals surface area contributed by atoms with Gasteiger partial charge in [0.15, 0.2) is 0 Å². The summed E-state index contributed by atoms with van der Waals surface area (Å²) in [7, 11) is 0. The van der Waals surface area contributed by atoms with E-state index in [-0.39, 0.29) is 25.2 Å². The normalized spacial score (nSPS) is 11.0. The molecule has 0 amide bonds. The van der Waals surface area contributed by atoms with Gasteiger partial charge in [0, 0.05) is 41.3 Å². The molecule has 0 fully saturated rings. The molecule has 0 atom stereocenters. The molecule has 0 bridgehead atoms. The van der Waals surface area contributed by atoms with Gasteiger partial charge in [-0.05, 0) is 151 Å². The number of ether oxygens (including phenoxy) is 5. The Balaban J connectivity index is 0.000000400. The van der Waals surface area contributed by atoms with Crippen LogP contribution in [0.25, 0.3) is 57.8 Å². The molecule has 16 nitrogen and oxygen atoms in total. The molecule has 2 aromatic carbocycles. The van der Waals surface area contributed by atoms with Gasteiger partial charge in [-0.3, -0.25) is 34.7 Å². The van der Waals surface area contributed by atoms with Crippen molar-refractivity contribution in [2.75, 3.05) is 18.1 Å². The number of nitrogens with one attached hydrogen (secondary N) is 2. The summed E-state index contributed by atoms with van der Waals surface area (Å²) in [6, 6.07) is 29.0. The van der Waals surface area contributed by atoms with Crippen LogP contribution in [-0.4, -0.2) is 69.6 Å². The first-order valence-electron chi connectivity index (χ1n) is 24.4. The third-order valence-electron chi connectivity index (χ3n) is 10.7. The van der Waals surface area contributed by atoms with E-state index in [1.165, 1.54) is 43.0 Å². The van der Waals surface area contributed by atoms with Crippen molar-refractivity contribution in [1.82, 2.24) is 19.9 Å². The van der Waals surface area contributed by atoms with Gasteiger partial charge in [0.25, 0.3) is 19.4 Å². The molecule has 2 N–H and O–H groups in total. The number of hydrogen-bond donors (Lipinski definition) is 1. The number of benzene rings is 2. The average Bonchev–Trinajstić information content (AvgIpc) is 3.45. The van der Waals surface area contributed by atoms with Gasteiger partial charge in [0.1, 0.15) is 17.2 Å². The molecule has 0 radical (unpaired) electrons. The van der Waals surface area contributed by atoms with Crippen molar-refractivity contribution < 1.29 is 70.7 Å². The fraction of sp³-hybridized carbons (Fsp3) is 0.224. The van der Waals surface area contributed by atoms with Gasteiger partial charge in [-0.2, -0.15) is 18.3 Å². The maximum Gasteiger partial charge on any atom is 2.00 e. The van der Waals surface area contributed by atoms with E-state index in [1.807, 2.05) is 53.4 Å². The Hall–Kier alpha value is -8.51. The first-order valence-corrected chi connectivity index (χ1v) is 24.8. The first kappa shape index (κ1) is 64.8. The summed E-state index contributed by atoms with van der Waals surface area (Å²) in [6.45, 7) is 6.58. The molecule has 0 saturated heterocycles. The summed E-state index contributed by atoms with van der Waals surface area (Å²) in [5.74, 6) is 1.50. The minimum absolute atomic E-state index is 0. The van der Waals surface area contributed by atoms with Crippen LogP contribution in [0.3, 0.4) is 0 Å². The molecule has 4 heterocycles. The van der Waals surface area contributed by atoms with Crippen LogP contribution in [0.5, 0.6) is 11.5 Å². The molecule has 0 spiro atoms. The van der Waals surface area contributed by atoms with E-state index in [1.54, 1.807) is 79.2 Å². The Morgan fingerprint density at radius 1 is 0.620 bits per heavy atom. The van der Waals surface area contributed by atoms with Crippen LogP contribution in [-0.2, 0) is 48.1 Å². The molecule has 21 heteroatoms. The number of aromatic nitrogens is 4. The number of thiocarbonyl (C=S) groups is 1. The number of carbonyl (C=O) groups excluding carboxylic acids is 3. The zero-order chi connectivity index (χ0) is 56.4. The van der Waals surface area contributed by atoms with Crippen LogP contribution >= 0.6 is 12.2 Å². The minimum Gasteiger partial charge on any atom is -0.753 e. The average molecular weight is 1180 g/mol. The Kier molecular flexibility index (Phi) is 29.9. The summed E-state index contributed by atoms with van der Waals surface area (Å²) >= 11 is 3.70. The van der Waals surface area contributed by atoms with Gasteiger partial charge in [-0.15, -0.1) is 5.70 Å². The van der Waals surface area contributed by atoms with E-state index in [2.05, 4.69) is 60.2 Å². The first-order chi connectivity index (χ1) is 37.9. The van der Waals surface area contributed by atoms with Gasteiger partial charge >= 0.3 is 25.7 Å². The molecule has 4 aromatic heterocycles. The van der Waals surface area contributed by atoms with Crippen molar-refractivity contribution >= 4 is 83.5 Å². The number of rotatable bonds is 28. The molecule has 6 rings (SSSR count). The molecule has 0 saturated carbocycles. The molecule has 0 aliphatic heterocycles. The molecule has 0 aliphatic carbocycles. The van der Waals surface area contributed by atoms with Gasteiger partial charge in [-0.25, -0.2) is 4.98 Å². The predicted octanol–water partition coefficient (Wildman–Crippen LogP) is 14.7. The van der Waals surface area contributed by atoms with Gasteiger partial charge in [-0.1, -0.05) is 64.6 Å². The zero-order valence-corrected chi connectivity index (χ0v) is 45.7. The molecular formula is C58H57F3N8O8RuS. The van der Waals surface area contributed by atoms with E-state index >= 15 is 0 Å². The number of isothiocyanates is 1. The van der Waals surface area contributed by atoms with Crippen molar-refractivity contribution in [1.29, 1.82) is 5.41 Å². The smallest absolute Gasteiger partial charge is 0.753 e. The molecule has 79 heavy (non-hydrogen) atoms. The number of pyridine rings is 4. The van der Waals surface area contributed by atoms with Crippen molar-refractivity contribution in [2.24, 2.45) is 0 Å². The zero-order valence-electron chi connectivity index (χ0n) is 43.2. The van der Waals surface area contributed by atoms with Crippen LogP contribution in [0, 0.1) is 5.41 Å². The van der Waals surface area contributed by atoms with E-state index in [9.17, 15) is 27.6 Å². The summed E-state index contributed by atoms with van der Waals surface area (Å²) in [5, 5.41) is 15.7. The molecular weight excluding hydrogens is 1130 g/mol. The number of alkyl halides is 3. The van der Waals surface area contributed by atoms with Gasteiger partial charge in [0.05, 0.1) is 54.8 Å². The van der Waals surface area contributed by atoms with E-state index in [4.69, 9.17) is 26.0 Å². The maximum absolute atomic E-state index is 12.9. The number of carbonyl (C=O) groups is 3. The Morgan fingerprint density at radius 3 is 1.46 bits per heavy atom. The van der Waals surface area contributed by atoms with Crippen LogP contribution in [0.2, 0.25) is 0 Å². The number of allylic oxidation sites excluding steroid dienone is 1. The maximum atomic E-state index is 12.9. The van der Waals surface area contributed by atoms with E-state index in [0.717, 1.165) is 72.5 Å². The monoisotopic (exact) mass is 1180 g/mol. The number of unbranched alkanes of at least 4 members (excludes halogenated alkanes) is 6. The number of anilines is 3. The summed E-state index contributed by atoms with van der Waals surface area (Å²) < 4.78 is 64.4. The SMILES string of the molecule is CCCCCCOc1ccc(N(c2ccc(OCCCCCC)cc2)c2ccnc(/C([NH-])=C/C(=N)C(F)(F)F)c2)cc1.O=CO/C=C/c1ccnc(-c2cc(/C=C/OC=O)cc(-c3cc(/C=C/OC=O)ccn3)n2)c1.[N-]=C=S.[Ru+2]. The van der Waals surface area contributed by atoms with Crippen LogP contribution < -0.4 is 14.4 Å². The number of nitrogens with zero attached hydrogens (tertiary/aromatic N) is 6.